The van der Waals surface area contributed by atoms with Crippen molar-refractivity contribution in [2.75, 3.05) is 19.0 Å². The Labute approximate surface area is 109 Å². The van der Waals surface area contributed by atoms with Crippen molar-refractivity contribution >= 4 is 23.0 Å². The minimum absolute atomic E-state index is 0.576. The highest BCUT2D eigenvalue weighted by Crippen LogP contribution is 2.21. The number of benzene rings is 1. The van der Waals surface area contributed by atoms with E-state index in [1.807, 2.05) is 25.1 Å². The SMILES string of the molecule is COc1ccc(NC(=S)NCC(C)C)cc1C. The number of aryl methyl sites for hydroxylation is 1. The first-order valence-corrected chi connectivity index (χ1v) is 6.13. The third kappa shape index (κ3) is 4.61. The lowest BCUT2D eigenvalue weighted by atomic mass is 10.2. The molecular weight excluding hydrogens is 232 g/mol. The lowest BCUT2D eigenvalue weighted by molar-refractivity contribution is 0.412. The van der Waals surface area contributed by atoms with Crippen LogP contribution in [0.15, 0.2) is 18.2 Å². The Morgan fingerprint density at radius 2 is 2.12 bits per heavy atom. The van der Waals surface area contributed by atoms with Crippen molar-refractivity contribution in [3.63, 3.8) is 0 Å². The van der Waals surface area contributed by atoms with Crippen LogP contribution in [0.1, 0.15) is 19.4 Å². The minimum atomic E-state index is 0.576. The molecule has 0 atom stereocenters. The number of methoxy groups -OCH3 is 1. The van der Waals surface area contributed by atoms with Crippen molar-refractivity contribution in [3.8, 4) is 5.75 Å². The third-order valence-electron chi connectivity index (χ3n) is 2.32. The van der Waals surface area contributed by atoms with E-state index >= 15 is 0 Å². The molecule has 3 nitrogen and oxygen atoms in total. The molecule has 94 valence electrons. The van der Waals surface area contributed by atoms with Crippen LogP contribution in [0.5, 0.6) is 5.75 Å². The number of anilines is 1. The van der Waals surface area contributed by atoms with E-state index < -0.39 is 0 Å². The molecule has 2 N–H and O–H groups in total. The first-order chi connectivity index (χ1) is 8.02. The van der Waals surface area contributed by atoms with Crippen LogP contribution in [0.25, 0.3) is 0 Å². The van der Waals surface area contributed by atoms with Gasteiger partial charge in [0.25, 0.3) is 0 Å². The predicted octanol–water partition coefficient (Wildman–Crippen LogP) is 2.95. The van der Waals surface area contributed by atoms with E-state index in [1.54, 1.807) is 7.11 Å². The third-order valence-corrected chi connectivity index (χ3v) is 2.57. The molecule has 0 aromatic heterocycles. The Kier molecular flexibility index (Phi) is 5.22. The lowest BCUT2D eigenvalue weighted by Crippen LogP contribution is -2.31. The monoisotopic (exact) mass is 252 g/mol. The first kappa shape index (κ1) is 13.8. The summed E-state index contributed by atoms with van der Waals surface area (Å²) in [4.78, 5) is 0. The van der Waals surface area contributed by atoms with Gasteiger partial charge in [0.15, 0.2) is 5.11 Å². The second kappa shape index (κ2) is 6.45. The van der Waals surface area contributed by atoms with Gasteiger partial charge in [0.1, 0.15) is 5.75 Å². The van der Waals surface area contributed by atoms with Crippen LogP contribution in [0.4, 0.5) is 5.69 Å². The quantitative estimate of drug-likeness (QED) is 0.807. The molecule has 0 spiro atoms. The number of rotatable bonds is 4. The van der Waals surface area contributed by atoms with Crippen molar-refractivity contribution < 1.29 is 4.74 Å². The van der Waals surface area contributed by atoms with Gasteiger partial charge >= 0.3 is 0 Å². The zero-order valence-corrected chi connectivity index (χ0v) is 11.6. The molecule has 0 aliphatic carbocycles. The fourth-order valence-corrected chi connectivity index (χ4v) is 1.63. The molecule has 0 saturated carbocycles. The summed E-state index contributed by atoms with van der Waals surface area (Å²) in [5, 5.41) is 6.98. The lowest BCUT2D eigenvalue weighted by Gasteiger charge is -2.13. The maximum Gasteiger partial charge on any atom is 0.170 e. The van der Waals surface area contributed by atoms with E-state index in [4.69, 9.17) is 17.0 Å². The fraction of sp³-hybridized carbons (Fsp3) is 0.462. The van der Waals surface area contributed by atoms with Crippen LogP contribution in [0.3, 0.4) is 0 Å². The molecule has 0 aliphatic rings. The molecule has 1 rings (SSSR count). The topological polar surface area (TPSA) is 33.3 Å². The zero-order valence-electron chi connectivity index (χ0n) is 10.8. The first-order valence-electron chi connectivity index (χ1n) is 5.72. The molecule has 0 aliphatic heterocycles. The Morgan fingerprint density at radius 3 is 2.65 bits per heavy atom. The second-order valence-electron chi connectivity index (χ2n) is 4.41. The summed E-state index contributed by atoms with van der Waals surface area (Å²) < 4.78 is 5.21. The maximum atomic E-state index is 5.21. The molecule has 0 fully saturated rings. The van der Waals surface area contributed by atoms with Gasteiger partial charge in [-0.05, 0) is 48.8 Å². The van der Waals surface area contributed by atoms with Crippen molar-refractivity contribution in [1.82, 2.24) is 5.32 Å². The number of ether oxygens (including phenoxy) is 1. The zero-order chi connectivity index (χ0) is 12.8. The Bertz CT molecular complexity index is 391. The number of nitrogens with one attached hydrogen (secondary N) is 2. The van der Waals surface area contributed by atoms with Crippen molar-refractivity contribution in [3.05, 3.63) is 23.8 Å². The molecule has 0 heterocycles. The van der Waals surface area contributed by atoms with Crippen LogP contribution in [0, 0.1) is 12.8 Å². The Balaban J connectivity index is 2.57. The minimum Gasteiger partial charge on any atom is -0.496 e. The normalized spacial score (nSPS) is 10.2. The summed E-state index contributed by atoms with van der Waals surface area (Å²) in [5.41, 5.74) is 2.06. The molecule has 1 aromatic carbocycles. The second-order valence-corrected chi connectivity index (χ2v) is 4.82. The largest absolute Gasteiger partial charge is 0.496 e. The molecule has 1 aromatic rings. The summed E-state index contributed by atoms with van der Waals surface area (Å²) in [6, 6.07) is 5.90. The van der Waals surface area contributed by atoms with Gasteiger partial charge in [0.05, 0.1) is 7.11 Å². The molecule has 17 heavy (non-hydrogen) atoms. The predicted molar refractivity (Wildman–Crippen MR) is 76.8 cm³/mol. The van der Waals surface area contributed by atoms with Gasteiger partial charge in [0, 0.05) is 12.2 Å². The average Bonchev–Trinajstić information content (AvgIpc) is 2.26. The molecule has 0 bridgehead atoms. The van der Waals surface area contributed by atoms with Crippen molar-refractivity contribution in [1.29, 1.82) is 0 Å². The highest BCUT2D eigenvalue weighted by Gasteiger charge is 2.02. The average molecular weight is 252 g/mol. The van der Waals surface area contributed by atoms with E-state index in [0.717, 1.165) is 23.5 Å². The van der Waals surface area contributed by atoms with Gasteiger partial charge < -0.3 is 15.4 Å². The highest BCUT2D eigenvalue weighted by atomic mass is 32.1. The van der Waals surface area contributed by atoms with E-state index in [2.05, 4.69) is 24.5 Å². The van der Waals surface area contributed by atoms with E-state index in [-0.39, 0.29) is 0 Å². The van der Waals surface area contributed by atoms with Gasteiger partial charge in [-0.3, -0.25) is 0 Å². The molecule has 0 amide bonds. The number of thiocarbonyl (C=S) groups is 1. The summed E-state index contributed by atoms with van der Waals surface area (Å²) >= 11 is 5.21. The molecule has 4 heteroatoms. The number of hydrogen-bond donors (Lipinski definition) is 2. The molecule has 0 saturated heterocycles. The molecular formula is C13H20N2OS. The fourth-order valence-electron chi connectivity index (χ4n) is 1.43. The van der Waals surface area contributed by atoms with Crippen molar-refractivity contribution in [2.24, 2.45) is 5.92 Å². The molecule has 0 radical (unpaired) electrons. The standard InChI is InChI=1S/C13H20N2OS/c1-9(2)8-14-13(17)15-11-5-6-12(16-4)10(3)7-11/h5-7,9H,8H2,1-4H3,(H2,14,15,17). The summed E-state index contributed by atoms with van der Waals surface area (Å²) in [6.45, 7) is 7.18. The Morgan fingerprint density at radius 1 is 1.41 bits per heavy atom. The number of hydrogen-bond acceptors (Lipinski definition) is 2. The summed E-state index contributed by atoms with van der Waals surface area (Å²) in [6.07, 6.45) is 0. The van der Waals surface area contributed by atoms with Gasteiger partial charge in [-0.15, -0.1) is 0 Å². The van der Waals surface area contributed by atoms with Crippen LogP contribution < -0.4 is 15.4 Å². The maximum absolute atomic E-state index is 5.21. The van der Waals surface area contributed by atoms with E-state index in [9.17, 15) is 0 Å². The van der Waals surface area contributed by atoms with Crippen LogP contribution in [-0.2, 0) is 0 Å². The van der Waals surface area contributed by atoms with E-state index in [1.165, 1.54) is 0 Å². The smallest absolute Gasteiger partial charge is 0.170 e. The highest BCUT2D eigenvalue weighted by molar-refractivity contribution is 7.80. The van der Waals surface area contributed by atoms with E-state index in [0.29, 0.717) is 11.0 Å². The van der Waals surface area contributed by atoms with Crippen molar-refractivity contribution in [2.45, 2.75) is 20.8 Å². The Hall–Kier alpha value is -1.29. The van der Waals surface area contributed by atoms with Crippen LogP contribution in [0.2, 0.25) is 0 Å². The summed E-state index contributed by atoms with van der Waals surface area (Å²) in [7, 11) is 1.67. The van der Waals surface area contributed by atoms with Gasteiger partial charge in [-0.1, -0.05) is 13.8 Å². The van der Waals surface area contributed by atoms with Gasteiger partial charge in [-0.25, -0.2) is 0 Å². The van der Waals surface area contributed by atoms with Gasteiger partial charge in [-0.2, -0.15) is 0 Å². The van der Waals surface area contributed by atoms with Crippen LogP contribution >= 0.6 is 12.2 Å². The van der Waals surface area contributed by atoms with Gasteiger partial charge in [0.2, 0.25) is 0 Å². The summed E-state index contributed by atoms with van der Waals surface area (Å²) in [5.74, 6) is 1.46. The van der Waals surface area contributed by atoms with Crippen LogP contribution in [-0.4, -0.2) is 18.8 Å². The molecule has 0 unspecified atom stereocenters.